The first kappa shape index (κ1) is 13.8. The van der Waals surface area contributed by atoms with Gasteiger partial charge in [0.05, 0.1) is 13.2 Å². The van der Waals surface area contributed by atoms with Crippen LogP contribution < -0.4 is 5.32 Å². The van der Waals surface area contributed by atoms with Crippen molar-refractivity contribution in [2.24, 2.45) is 0 Å². The van der Waals surface area contributed by atoms with E-state index < -0.39 is 0 Å². The van der Waals surface area contributed by atoms with Gasteiger partial charge in [-0.1, -0.05) is 24.3 Å². The highest BCUT2D eigenvalue weighted by Gasteiger charge is 2.08. The van der Waals surface area contributed by atoms with Crippen molar-refractivity contribution in [3.05, 3.63) is 35.4 Å². The summed E-state index contributed by atoms with van der Waals surface area (Å²) in [5.41, 5.74) is 2.49. The molecule has 0 amide bonds. The maximum atomic E-state index is 5.76. The largest absolute Gasteiger partial charge is 0.379 e. The summed E-state index contributed by atoms with van der Waals surface area (Å²) in [5.74, 6) is 0.588. The van der Waals surface area contributed by atoms with Crippen molar-refractivity contribution in [2.75, 3.05) is 39.4 Å². The smallest absolute Gasteiger partial charge is 0.0594 e. The van der Waals surface area contributed by atoms with E-state index in [9.17, 15) is 0 Å². The van der Waals surface area contributed by atoms with Gasteiger partial charge in [-0.2, -0.15) is 0 Å². The van der Waals surface area contributed by atoms with Crippen LogP contribution in [0.3, 0.4) is 0 Å². The molecular formula is C14H21ClN2O. The van der Waals surface area contributed by atoms with Gasteiger partial charge in [-0.25, -0.2) is 0 Å². The standard InChI is InChI=1S/C14H21ClN2O/c15-11-13-1-3-14(4-2-13)12-16-5-6-17-7-9-18-10-8-17/h1-4,16H,5-12H2. The number of alkyl halides is 1. The zero-order valence-electron chi connectivity index (χ0n) is 10.7. The van der Waals surface area contributed by atoms with Gasteiger partial charge < -0.3 is 10.1 Å². The summed E-state index contributed by atoms with van der Waals surface area (Å²) < 4.78 is 5.32. The van der Waals surface area contributed by atoms with Crippen LogP contribution in [0.4, 0.5) is 0 Å². The van der Waals surface area contributed by atoms with Crippen LogP contribution in [0.25, 0.3) is 0 Å². The maximum Gasteiger partial charge on any atom is 0.0594 e. The van der Waals surface area contributed by atoms with E-state index in [0.29, 0.717) is 5.88 Å². The fourth-order valence-electron chi connectivity index (χ4n) is 2.04. The molecule has 1 N–H and O–H groups in total. The van der Waals surface area contributed by atoms with Crippen molar-refractivity contribution in [2.45, 2.75) is 12.4 Å². The van der Waals surface area contributed by atoms with Gasteiger partial charge in [0.15, 0.2) is 0 Å². The minimum atomic E-state index is 0.588. The number of halogens is 1. The number of nitrogens with one attached hydrogen (secondary N) is 1. The Hall–Kier alpha value is -0.610. The minimum Gasteiger partial charge on any atom is -0.379 e. The van der Waals surface area contributed by atoms with Crippen LogP contribution in [0.1, 0.15) is 11.1 Å². The van der Waals surface area contributed by atoms with Crippen molar-refractivity contribution in [1.82, 2.24) is 10.2 Å². The number of morpholine rings is 1. The lowest BCUT2D eigenvalue weighted by Gasteiger charge is -2.26. The first-order valence-corrected chi connectivity index (χ1v) is 7.06. The molecule has 1 aliphatic heterocycles. The zero-order chi connectivity index (χ0) is 12.6. The van der Waals surface area contributed by atoms with E-state index in [1.54, 1.807) is 0 Å². The first-order valence-electron chi connectivity index (χ1n) is 6.53. The van der Waals surface area contributed by atoms with Crippen LogP contribution in [0.2, 0.25) is 0 Å². The Morgan fingerprint density at radius 1 is 1.11 bits per heavy atom. The summed E-state index contributed by atoms with van der Waals surface area (Å²) in [5, 5.41) is 3.47. The lowest BCUT2D eigenvalue weighted by molar-refractivity contribution is 0.0384. The van der Waals surface area contributed by atoms with Gasteiger partial charge in [-0.05, 0) is 11.1 Å². The molecule has 3 nitrogen and oxygen atoms in total. The molecule has 0 saturated carbocycles. The molecule has 18 heavy (non-hydrogen) atoms. The summed E-state index contributed by atoms with van der Waals surface area (Å²) in [6.07, 6.45) is 0. The second-order valence-electron chi connectivity index (χ2n) is 4.58. The predicted octanol–water partition coefficient (Wildman–Crippen LogP) is 1.85. The Balaban J connectivity index is 1.62. The molecule has 4 heteroatoms. The summed E-state index contributed by atoms with van der Waals surface area (Å²) in [7, 11) is 0. The Kier molecular flexibility index (Phi) is 5.94. The molecule has 1 fully saturated rings. The molecule has 1 aromatic carbocycles. The molecule has 2 rings (SSSR count). The van der Waals surface area contributed by atoms with E-state index in [1.165, 1.54) is 11.1 Å². The molecule has 1 aromatic rings. The van der Waals surface area contributed by atoms with Crippen molar-refractivity contribution in [3.63, 3.8) is 0 Å². The van der Waals surface area contributed by atoms with Gasteiger partial charge in [0.2, 0.25) is 0 Å². The molecule has 0 aliphatic carbocycles. The SMILES string of the molecule is ClCc1ccc(CNCCN2CCOCC2)cc1. The average molecular weight is 269 g/mol. The Morgan fingerprint density at radius 3 is 2.44 bits per heavy atom. The molecule has 1 saturated heterocycles. The van der Waals surface area contributed by atoms with Crippen molar-refractivity contribution in [3.8, 4) is 0 Å². The Bertz CT molecular complexity index is 336. The van der Waals surface area contributed by atoms with Crippen LogP contribution in [0.15, 0.2) is 24.3 Å². The van der Waals surface area contributed by atoms with Gasteiger partial charge in [0.25, 0.3) is 0 Å². The average Bonchev–Trinajstić information content (AvgIpc) is 2.45. The Morgan fingerprint density at radius 2 is 1.78 bits per heavy atom. The maximum absolute atomic E-state index is 5.76. The molecule has 1 heterocycles. The quantitative estimate of drug-likeness (QED) is 0.630. The number of rotatable bonds is 6. The third-order valence-electron chi connectivity index (χ3n) is 3.21. The molecule has 100 valence electrons. The lowest BCUT2D eigenvalue weighted by atomic mass is 10.1. The topological polar surface area (TPSA) is 24.5 Å². The summed E-state index contributed by atoms with van der Waals surface area (Å²) >= 11 is 5.76. The highest BCUT2D eigenvalue weighted by Crippen LogP contribution is 2.06. The molecule has 0 aromatic heterocycles. The van der Waals surface area contributed by atoms with Gasteiger partial charge in [-0.3, -0.25) is 4.90 Å². The predicted molar refractivity (Wildman–Crippen MR) is 75.0 cm³/mol. The van der Waals surface area contributed by atoms with E-state index in [-0.39, 0.29) is 0 Å². The first-order chi connectivity index (χ1) is 8.88. The second kappa shape index (κ2) is 7.74. The number of benzene rings is 1. The highest BCUT2D eigenvalue weighted by atomic mass is 35.5. The summed E-state index contributed by atoms with van der Waals surface area (Å²) in [6.45, 7) is 6.92. The van der Waals surface area contributed by atoms with Gasteiger partial charge in [0.1, 0.15) is 0 Å². The van der Waals surface area contributed by atoms with Crippen LogP contribution in [-0.4, -0.2) is 44.3 Å². The van der Waals surface area contributed by atoms with E-state index in [0.717, 1.165) is 45.9 Å². The molecule has 0 atom stereocenters. The third kappa shape index (κ3) is 4.58. The number of nitrogens with zero attached hydrogens (tertiary/aromatic N) is 1. The molecule has 0 unspecified atom stereocenters. The lowest BCUT2D eigenvalue weighted by Crippen LogP contribution is -2.40. The fourth-order valence-corrected chi connectivity index (χ4v) is 2.22. The number of hydrogen-bond acceptors (Lipinski definition) is 3. The van der Waals surface area contributed by atoms with E-state index >= 15 is 0 Å². The molecule has 0 bridgehead atoms. The second-order valence-corrected chi connectivity index (χ2v) is 4.85. The van der Waals surface area contributed by atoms with Gasteiger partial charge in [-0.15, -0.1) is 11.6 Å². The Labute approximate surface area is 114 Å². The van der Waals surface area contributed by atoms with E-state index in [1.807, 2.05) is 0 Å². The number of hydrogen-bond donors (Lipinski definition) is 1. The summed E-state index contributed by atoms with van der Waals surface area (Å²) in [6, 6.07) is 8.46. The zero-order valence-corrected chi connectivity index (χ0v) is 11.5. The molecule has 1 aliphatic rings. The van der Waals surface area contributed by atoms with E-state index in [2.05, 4.69) is 34.5 Å². The van der Waals surface area contributed by atoms with E-state index in [4.69, 9.17) is 16.3 Å². The van der Waals surface area contributed by atoms with Crippen LogP contribution >= 0.6 is 11.6 Å². The van der Waals surface area contributed by atoms with Gasteiger partial charge >= 0.3 is 0 Å². The van der Waals surface area contributed by atoms with Crippen molar-refractivity contribution < 1.29 is 4.74 Å². The molecule has 0 spiro atoms. The van der Waals surface area contributed by atoms with Crippen LogP contribution in [0, 0.1) is 0 Å². The minimum absolute atomic E-state index is 0.588. The number of ether oxygens (including phenoxy) is 1. The fraction of sp³-hybridized carbons (Fsp3) is 0.571. The van der Waals surface area contributed by atoms with Crippen LogP contribution in [-0.2, 0) is 17.2 Å². The molecular weight excluding hydrogens is 248 g/mol. The van der Waals surface area contributed by atoms with Crippen molar-refractivity contribution >= 4 is 11.6 Å². The van der Waals surface area contributed by atoms with Gasteiger partial charge in [0, 0.05) is 38.6 Å². The third-order valence-corrected chi connectivity index (χ3v) is 3.52. The summed E-state index contributed by atoms with van der Waals surface area (Å²) in [4.78, 5) is 2.44. The normalized spacial score (nSPS) is 16.9. The van der Waals surface area contributed by atoms with Crippen molar-refractivity contribution in [1.29, 1.82) is 0 Å². The molecule has 0 radical (unpaired) electrons. The highest BCUT2D eigenvalue weighted by molar-refractivity contribution is 6.17. The van der Waals surface area contributed by atoms with Crippen LogP contribution in [0.5, 0.6) is 0 Å². The monoisotopic (exact) mass is 268 g/mol.